The summed E-state index contributed by atoms with van der Waals surface area (Å²) in [5, 5.41) is 9.67. The van der Waals surface area contributed by atoms with Crippen LogP contribution in [0.3, 0.4) is 0 Å². The fourth-order valence-corrected chi connectivity index (χ4v) is 2.47. The average Bonchev–Trinajstić information content (AvgIpc) is 2.81. The molecule has 0 unspecified atom stereocenters. The first-order valence-electron chi connectivity index (χ1n) is 8.34. The van der Waals surface area contributed by atoms with Gasteiger partial charge < -0.3 is 10.3 Å². The molecular formula is C18H27N5O2. The van der Waals surface area contributed by atoms with Crippen LogP contribution < -0.4 is 10.9 Å². The summed E-state index contributed by atoms with van der Waals surface area (Å²) < 4.78 is 0. The van der Waals surface area contributed by atoms with Gasteiger partial charge in [-0.3, -0.25) is 14.7 Å². The standard InChI is InChI=1S/C18H27N5O2/c1-10-13(15(25)21-16(19-10)18(5,6)7)14(24)20-12-8-11(22-23-12)9-17(2,3)4/h8H,9H2,1-7H3,(H,19,21,25)(H2,20,22,23,24). The molecule has 0 saturated heterocycles. The van der Waals surface area contributed by atoms with Gasteiger partial charge in [-0.2, -0.15) is 5.10 Å². The molecule has 136 valence electrons. The van der Waals surface area contributed by atoms with Gasteiger partial charge in [0, 0.05) is 17.2 Å². The van der Waals surface area contributed by atoms with Crippen molar-refractivity contribution >= 4 is 11.7 Å². The zero-order chi connectivity index (χ0) is 19.0. The average molecular weight is 345 g/mol. The molecule has 0 atom stereocenters. The summed E-state index contributed by atoms with van der Waals surface area (Å²) in [6.07, 6.45) is 0.803. The second kappa shape index (κ2) is 6.46. The highest BCUT2D eigenvalue weighted by Gasteiger charge is 2.23. The minimum Gasteiger partial charge on any atom is -0.309 e. The van der Waals surface area contributed by atoms with Crippen LogP contribution in [0.5, 0.6) is 0 Å². The molecular weight excluding hydrogens is 318 g/mol. The van der Waals surface area contributed by atoms with Gasteiger partial charge in [0.2, 0.25) is 0 Å². The van der Waals surface area contributed by atoms with Gasteiger partial charge >= 0.3 is 0 Å². The molecule has 0 aliphatic carbocycles. The maximum atomic E-state index is 12.5. The molecule has 7 heteroatoms. The molecule has 0 fully saturated rings. The number of anilines is 1. The first kappa shape index (κ1) is 18.9. The van der Waals surface area contributed by atoms with Crippen LogP contribution in [0, 0.1) is 12.3 Å². The Labute approximate surface area is 147 Å². The molecule has 3 N–H and O–H groups in total. The molecule has 2 aromatic heterocycles. The molecule has 0 aliphatic rings. The molecule has 0 aliphatic heterocycles. The summed E-state index contributed by atoms with van der Waals surface area (Å²) in [5.74, 6) is 0.433. The molecule has 7 nitrogen and oxygen atoms in total. The highest BCUT2D eigenvalue weighted by Crippen LogP contribution is 2.21. The Morgan fingerprint density at radius 2 is 1.84 bits per heavy atom. The number of rotatable bonds is 3. The van der Waals surface area contributed by atoms with Gasteiger partial charge in [-0.15, -0.1) is 0 Å². The second-order valence-electron chi connectivity index (χ2n) is 8.59. The van der Waals surface area contributed by atoms with Crippen molar-refractivity contribution in [2.75, 3.05) is 5.32 Å². The predicted molar refractivity (Wildman–Crippen MR) is 98.0 cm³/mol. The number of H-pyrrole nitrogens is 2. The number of amides is 1. The third kappa shape index (κ3) is 4.78. The molecule has 2 rings (SSSR count). The summed E-state index contributed by atoms with van der Waals surface area (Å²) in [6.45, 7) is 13.9. The van der Waals surface area contributed by atoms with Crippen molar-refractivity contribution in [2.24, 2.45) is 5.41 Å². The van der Waals surface area contributed by atoms with Crippen LogP contribution in [0.1, 0.15) is 69.1 Å². The number of aryl methyl sites for hydroxylation is 1. The van der Waals surface area contributed by atoms with Crippen LogP contribution in [0.15, 0.2) is 10.9 Å². The Bertz CT molecular complexity index is 834. The van der Waals surface area contributed by atoms with Gasteiger partial charge in [0.15, 0.2) is 5.82 Å². The van der Waals surface area contributed by atoms with E-state index in [0.29, 0.717) is 17.3 Å². The Kier molecular flexibility index (Phi) is 4.88. The molecule has 2 aromatic rings. The van der Waals surface area contributed by atoms with Crippen LogP contribution >= 0.6 is 0 Å². The summed E-state index contributed by atoms with van der Waals surface area (Å²) in [7, 11) is 0. The van der Waals surface area contributed by atoms with E-state index in [4.69, 9.17) is 0 Å². The first-order chi connectivity index (χ1) is 11.4. The van der Waals surface area contributed by atoms with Gasteiger partial charge in [0.05, 0.1) is 5.69 Å². The highest BCUT2D eigenvalue weighted by molar-refractivity contribution is 6.04. The topological polar surface area (TPSA) is 104 Å². The SMILES string of the molecule is Cc1nc(C(C)(C)C)[nH]c(=O)c1C(=O)Nc1cc(CC(C)(C)C)[nH]n1. The lowest BCUT2D eigenvalue weighted by molar-refractivity contribution is 0.102. The molecule has 2 heterocycles. The minimum absolute atomic E-state index is 0.00775. The maximum absolute atomic E-state index is 12.5. The van der Waals surface area contributed by atoms with Crippen molar-refractivity contribution in [3.05, 3.63) is 39.2 Å². The molecule has 0 aromatic carbocycles. The minimum atomic E-state index is -0.513. The van der Waals surface area contributed by atoms with Crippen LogP contribution in [0.2, 0.25) is 0 Å². The predicted octanol–water partition coefficient (Wildman–Crippen LogP) is 2.94. The van der Waals surface area contributed by atoms with E-state index in [1.807, 2.05) is 20.8 Å². The lowest BCUT2D eigenvalue weighted by atomic mass is 9.91. The number of nitrogens with zero attached hydrogens (tertiary/aromatic N) is 2. The fourth-order valence-electron chi connectivity index (χ4n) is 2.47. The van der Waals surface area contributed by atoms with E-state index in [9.17, 15) is 9.59 Å². The number of hydrogen-bond acceptors (Lipinski definition) is 4. The van der Waals surface area contributed by atoms with Crippen LogP contribution in [-0.4, -0.2) is 26.1 Å². The highest BCUT2D eigenvalue weighted by atomic mass is 16.2. The van der Waals surface area contributed by atoms with Gasteiger partial charge in [-0.25, -0.2) is 4.98 Å². The Hall–Kier alpha value is -2.44. The van der Waals surface area contributed by atoms with E-state index >= 15 is 0 Å². The van der Waals surface area contributed by atoms with Crippen LogP contribution in [0.4, 0.5) is 5.82 Å². The Balaban J connectivity index is 2.23. The summed E-state index contributed by atoms with van der Waals surface area (Å²) in [4.78, 5) is 31.9. The van der Waals surface area contributed by atoms with E-state index in [-0.39, 0.29) is 16.4 Å². The largest absolute Gasteiger partial charge is 0.309 e. The van der Waals surface area contributed by atoms with E-state index in [1.165, 1.54) is 0 Å². The van der Waals surface area contributed by atoms with Crippen molar-refractivity contribution in [2.45, 2.75) is 60.3 Å². The van der Waals surface area contributed by atoms with Gasteiger partial charge in [0.25, 0.3) is 11.5 Å². The van der Waals surface area contributed by atoms with Crippen molar-refractivity contribution in [3.8, 4) is 0 Å². The van der Waals surface area contributed by atoms with E-state index in [1.54, 1.807) is 13.0 Å². The van der Waals surface area contributed by atoms with Gasteiger partial charge in [0.1, 0.15) is 11.4 Å². The lowest BCUT2D eigenvalue weighted by Crippen LogP contribution is -2.30. The number of carbonyl (C=O) groups excluding carboxylic acids is 1. The number of carbonyl (C=O) groups is 1. The number of hydrogen-bond donors (Lipinski definition) is 3. The van der Waals surface area contributed by atoms with Crippen molar-refractivity contribution in [1.82, 2.24) is 20.2 Å². The van der Waals surface area contributed by atoms with Crippen molar-refractivity contribution < 1.29 is 4.79 Å². The number of nitrogens with one attached hydrogen (secondary N) is 3. The molecule has 0 radical (unpaired) electrons. The van der Waals surface area contributed by atoms with Crippen molar-refractivity contribution in [1.29, 1.82) is 0 Å². The quantitative estimate of drug-likeness (QED) is 0.795. The lowest BCUT2D eigenvalue weighted by Gasteiger charge is -2.18. The first-order valence-corrected chi connectivity index (χ1v) is 8.34. The van der Waals surface area contributed by atoms with Crippen molar-refractivity contribution in [3.63, 3.8) is 0 Å². The molecule has 0 spiro atoms. The summed E-state index contributed by atoms with van der Waals surface area (Å²) in [5.41, 5.74) is 0.692. The fraction of sp³-hybridized carbons (Fsp3) is 0.556. The van der Waals surface area contributed by atoms with Gasteiger partial charge in [-0.1, -0.05) is 41.5 Å². The zero-order valence-electron chi connectivity index (χ0n) is 16.0. The molecule has 25 heavy (non-hydrogen) atoms. The Morgan fingerprint density at radius 3 is 2.36 bits per heavy atom. The Morgan fingerprint density at radius 1 is 1.20 bits per heavy atom. The maximum Gasteiger partial charge on any atom is 0.264 e. The van der Waals surface area contributed by atoms with E-state index in [0.717, 1.165) is 12.1 Å². The zero-order valence-corrected chi connectivity index (χ0v) is 16.0. The van der Waals surface area contributed by atoms with E-state index < -0.39 is 11.5 Å². The third-order valence-electron chi connectivity index (χ3n) is 3.63. The van der Waals surface area contributed by atoms with E-state index in [2.05, 4.69) is 46.3 Å². The monoisotopic (exact) mass is 345 g/mol. The molecule has 0 saturated carbocycles. The number of aromatic amines is 2. The summed E-state index contributed by atoms with van der Waals surface area (Å²) >= 11 is 0. The summed E-state index contributed by atoms with van der Waals surface area (Å²) in [6, 6.07) is 1.78. The van der Waals surface area contributed by atoms with Gasteiger partial charge in [-0.05, 0) is 18.8 Å². The van der Waals surface area contributed by atoms with Crippen LogP contribution in [-0.2, 0) is 11.8 Å². The van der Waals surface area contributed by atoms with Crippen LogP contribution in [0.25, 0.3) is 0 Å². The third-order valence-corrected chi connectivity index (χ3v) is 3.63. The smallest absolute Gasteiger partial charge is 0.264 e. The molecule has 0 bridgehead atoms. The normalized spacial score (nSPS) is 12.3. The number of aromatic nitrogens is 4. The second-order valence-corrected chi connectivity index (χ2v) is 8.59. The molecule has 1 amide bonds.